The first-order valence-corrected chi connectivity index (χ1v) is 12.8. The summed E-state index contributed by atoms with van der Waals surface area (Å²) in [6.45, 7) is 3.63. The van der Waals surface area contributed by atoms with Crippen molar-refractivity contribution in [3.05, 3.63) is 63.2 Å². The quantitative estimate of drug-likeness (QED) is 0.374. The van der Waals surface area contributed by atoms with Gasteiger partial charge in [0.15, 0.2) is 0 Å². The largest absolute Gasteiger partial charge is 0.295 e. The van der Waals surface area contributed by atoms with E-state index < -0.39 is 41.3 Å². The Kier molecular flexibility index (Phi) is 5.69. The summed E-state index contributed by atoms with van der Waals surface area (Å²) >= 11 is -1.15. The van der Waals surface area contributed by atoms with Crippen LogP contribution in [-0.4, -0.2) is 25.9 Å². The molecule has 0 bridgehead atoms. The van der Waals surface area contributed by atoms with Crippen molar-refractivity contribution in [2.24, 2.45) is 3.15 Å². The Hall–Kier alpha value is -1.73. The topological polar surface area (TPSA) is 121 Å². The normalized spacial score (nSPS) is 13.0. The van der Waals surface area contributed by atoms with Gasteiger partial charge >= 0.3 is 0 Å². The fraction of sp³-hybridized carbons (Fsp3) is 0.111. The lowest BCUT2D eigenvalue weighted by atomic mass is 10.0. The molecule has 2 N–H and O–H groups in total. The molecular formula is C18H16INO6S2. The molecule has 3 rings (SSSR count). The van der Waals surface area contributed by atoms with E-state index in [1.54, 1.807) is 30.3 Å². The van der Waals surface area contributed by atoms with Crippen LogP contribution in [0.4, 0.5) is 5.69 Å². The van der Waals surface area contributed by atoms with E-state index in [0.717, 1.165) is 11.1 Å². The van der Waals surface area contributed by atoms with Gasteiger partial charge in [-0.3, -0.25) is 9.11 Å². The monoisotopic (exact) mass is 533 g/mol. The number of hydrogen-bond donors (Lipinski definition) is 2. The van der Waals surface area contributed by atoms with E-state index >= 15 is 0 Å². The van der Waals surface area contributed by atoms with Crippen LogP contribution in [0.1, 0.15) is 11.1 Å². The van der Waals surface area contributed by atoms with Crippen molar-refractivity contribution in [1.82, 2.24) is 0 Å². The van der Waals surface area contributed by atoms with Crippen molar-refractivity contribution >= 4 is 57.7 Å². The van der Waals surface area contributed by atoms with Gasteiger partial charge in [-0.2, -0.15) is 16.8 Å². The van der Waals surface area contributed by atoms with Gasteiger partial charge in [-0.05, 0) is 60.7 Å². The minimum Gasteiger partial charge on any atom is -0.282 e. The summed E-state index contributed by atoms with van der Waals surface area (Å²) in [4.78, 5) is -0.359. The third-order valence-electron chi connectivity index (χ3n) is 4.07. The molecule has 0 aromatic heterocycles. The predicted molar refractivity (Wildman–Crippen MR) is 114 cm³/mol. The molecule has 10 heteroatoms. The Morgan fingerprint density at radius 1 is 0.821 bits per heavy atom. The molecule has 7 nitrogen and oxygen atoms in total. The Balaban J connectivity index is 2.17. The van der Waals surface area contributed by atoms with E-state index in [9.17, 15) is 25.9 Å². The molecule has 28 heavy (non-hydrogen) atoms. The highest BCUT2D eigenvalue weighted by Crippen LogP contribution is 2.34. The van der Waals surface area contributed by atoms with E-state index in [0.29, 0.717) is 20.0 Å². The van der Waals surface area contributed by atoms with Crippen LogP contribution in [0.2, 0.25) is 0 Å². The summed E-state index contributed by atoms with van der Waals surface area (Å²) in [5, 5.41) is 1.31. The molecule has 0 amide bonds. The molecule has 0 atom stereocenters. The summed E-state index contributed by atoms with van der Waals surface area (Å²) in [5.41, 5.74) is 2.24. The number of aryl methyl sites for hydroxylation is 2. The van der Waals surface area contributed by atoms with E-state index in [-0.39, 0.29) is 9.79 Å². The predicted octanol–water partition coefficient (Wildman–Crippen LogP) is 4.61. The van der Waals surface area contributed by atoms with Crippen LogP contribution in [0.25, 0.3) is 10.8 Å². The molecule has 0 unspecified atom stereocenters. The Bertz CT molecular complexity index is 1330. The van der Waals surface area contributed by atoms with Crippen LogP contribution in [0.3, 0.4) is 0 Å². The molecule has 0 saturated heterocycles. The minimum atomic E-state index is -4.35. The molecule has 0 heterocycles. The summed E-state index contributed by atoms with van der Waals surface area (Å²) in [5.74, 6) is 0. The average molecular weight is 533 g/mol. The van der Waals surface area contributed by atoms with E-state index in [2.05, 4.69) is 3.15 Å². The summed E-state index contributed by atoms with van der Waals surface area (Å²) in [6.07, 6.45) is 0. The lowest BCUT2D eigenvalue weighted by Crippen LogP contribution is -2.01. The van der Waals surface area contributed by atoms with Crippen molar-refractivity contribution < 1.29 is 25.9 Å². The molecular weight excluding hydrogens is 517 g/mol. The van der Waals surface area contributed by atoms with Crippen molar-refractivity contribution in [2.75, 3.05) is 0 Å². The molecule has 0 aliphatic rings. The first-order chi connectivity index (χ1) is 13.0. The average Bonchev–Trinajstić information content (AvgIpc) is 2.59. The molecule has 3 aromatic rings. The Morgan fingerprint density at radius 2 is 1.54 bits per heavy atom. The van der Waals surface area contributed by atoms with Gasteiger partial charge < -0.3 is 0 Å². The Labute approximate surface area is 173 Å². The van der Waals surface area contributed by atoms with Crippen LogP contribution in [-0.2, 0) is 20.2 Å². The number of fused-ring (bicyclic) bond motifs is 1. The lowest BCUT2D eigenvalue weighted by molar-refractivity contribution is 0.480. The molecule has 3 aromatic carbocycles. The number of halogens is 1. The van der Waals surface area contributed by atoms with Gasteiger partial charge in [-0.15, -0.1) is 0 Å². The van der Waals surface area contributed by atoms with E-state index in [4.69, 9.17) is 0 Å². The second-order valence-corrected chi connectivity index (χ2v) is 11.1. The third kappa shape index (κ3) is 4.46. The first kappa shape index (κ1) is 21.0. The zero-order valence-corrected chi connectivity index (χ0v) is 18.6. The second-order valence-electron chi connectivity index (χ2n) is 6.16. The molecule has 0 aliphatic carbocycles. The van der Waals surface area contributed by atoms with E-state index in [1.165, 1.54) is 18.2 Å². The van der Waals surface area contributed by atoms with Gasteiger partial charge in [-0.1, -0.05) is 18.2 Å². The maximum absolute atomic E-state index is 11.6. The SMILES string of the molecule is Cc1ccc(S(=O)(=O)O)c(I=Nc2ccc(C)c3cc(S(=O)(=O)O)ccc23)c1. The number of rotatable bonds is 4. The maximum Gasteiger partial charge on any atom is 0.295 e. The first-order valence-electron chi connectivity index (χ1n) is 7.91. The van der Waals surface area contributed by atoms with Crippen LogP contribution in [0.15, 0.2) is 61.5 Å². The zero-order chi connectivity index (χ0) is 20.7. The van der Waals surface area contributed by atoms with E-state index in [1.807, 2.05) is 13.8 Å². The molecule has 0 spiro atoms. The van der Waals surface area contributed by atoms with Gasteiger partial charge in [-0.25, -0.2) is 3.15 Å². The number of benzene rings is 3. The summed E-state index contributed by atoms with van der Waals surface area (Å²) in [7, 11) is -8.68. The highest BCUT2D eigenvalue weighted by molar-refractivity contribution is 14.2. The highest BCUT2D eigenvalue weighted by atomic mass is 127. The lowest BCUT2D eigenvalue weighted by Gasteiger charge is -2.07. The molecule has 0 aliphatic heterocycles. The third-order valence-corrected chi connectivity index (χ3v) is 8.37. The molecule has 148 valence electrons. The fourth-order valence-corrected chi connectivity index (χ4v) is 6.77. The van der Waals surface area contributed by atoms with Gasteiger partial charge in [0.2, 0.25) is 0 Å². The van der Waals surface area contributed by atoms with Crippen molar-refractivity contribution in [3.8, 4) is 0 Å². The van der Waals surface area contributed by atoms with Gasteiger partial charge in [0.25, 0.3) is 20.2 Å². The van der Waals surface area contributed by atoms with Crippen molar-refractivity contribution in [1.29, 1.82) is 0 Å². The van der Waals surface area contributed by atoms with Crippen LogP contribution in [0, 0.1) is 17.4 Å². The van der Waals surface area contributed by atoms with Crippen LogP contribution in [0.5, 0.6) is 0 Å². The van der Waals surface area contributed by atoms with Gasteiger partial charge in [0.1, 0.15) is 4.90 Å². The number of hydrogen-bond acceptors (Lipinski definition) is 5. The summed E-state index contributed by atoms with van der Waals surface area (Å²) < 4.78 is 69.8. The molecule has 0 fully saturated rings. The van der Waals surface area contributed by atoms with Crippen LogP contribution >= 0.6 is 21.0 Å². The van der Waals surface area contributed by atoms with Crippen molar-refractivity contribution in [2.45, 2.75) is 23.6 Å². The Morgan fingerprint density at radius 3 is 2.18 bits per heavy atom. The summed E-state index contributed by atoms with van der Waals surface area (Å²) in [6, 6.07) is 12.4. The molecule has 0 saturated carbocycles. The second kappa shape index (κ2) is 7.59. The standard InChI is InChI=1S/C18H16INO6S2/c1-11-3-8-18(28(24,25)26)16(9-11)19-20-17-7-4-12(2)15-10-13(27(21,22)23)5-6-14(15)17/h3-10H,1-2H3,(H,21,22,23)(H,24,25,26). The highest BCUT2D eigenvalue weighted by Gasteiger charge is 2.15. The maximum atomic E-state index is 11.6. The van der Waals surface area contributed by atoms with Gasteiger partial charge in [0, 0.05) is 30.0 Å². The molecule has 0 radical (unpaired) electrons. The van der Waals surface area contributed by atoms with Gasteiger partial charge in [0.05, 0.1) is 10.6 Å². The fourth-order valence-electron chi connectivity index (χ4n) is 2.66. The number of nitrogens with zero attached hydrogens (tertiary/aromatic N) is 1. The smallest absolute Gasteiger partial charge is 0.282 e. The zero-order valence-electron chi connectivity index (χ0n) is 14.8. The minimum absolute atomic E-state index is 0.153. The van der Waals surface area contributed by atoms with Crippen LogP contribution < -0.4 is 0 Å². The van der Waals surface area contributed by atoms with Crippen molar-refractivity contribution in [3.63, 3.8) is 0 Å².